The fraction of sp³-hybridized carbons (Fsp3) is 0.300. The predicted octanol–water partition coefficient (Wildman–Crippen LogP) is 1.14. The molecule has 1 aromatic heterocycles. The summed E-state index contributed by atoms with van der Waals surface area (Å²) in [6.45, 7) is 1.94. The highest BCUT2D eigenvalue weighted by Gasteiger charge is 2.15. The summed E-state index contributed by atoms with van der Waals surface area (Å²) in [5.41, 5.74) is 0.178. The molecule has 0 fully saturated rings. The van der Waals surface area contributed by atoms with Gasteiger partial charge in [0.05, 0.1) is 13.7 Å². The third kappa shape index (κ3) is 2.44. The van der Waals surface area contributed by atoms with Crippen LogP contribution in [-0.4, -0.2) is 24.7 Å². The quantitative estimate of drug-likeness (QED) is 0.693. The van der Waals surface area contributed by atoms with Crippen LogP contribution in [0.1, 0.15) is 23.1 Å². The van der Waals surface area contributed by atoms with E-state index in [-0.39, 0.29) is 18.0 Å². The van der Waals surface area contributed by atoms with Crippen molar-refractivity contribution in [1.82, 2.24) is 4.98 Å². The number of carbonyl (C=O) groups excluding carboxylic acids is 1. The second-order valence-electron chi connectivity index (χ2n) is 2.58. The van der Waals surface area contributed by atoms with Crippen LogP contribution in [0.25, 0.3) is 0 Å². The maximum atomic E-state index is 11.4. The van der Waals surface area contributed by atoms with E-state index >= 15 is 0 Å². The summed E-state index contributed by atoms with van der Waals surface area (Å²) < 4.78 is 9.72. The molecule has 0 unspecified atom stereocenters. The number of carbonyl (C=O) groups is 1. The Labute approximate surface area is 87.3 Å². The van der Waals surface area contributed by atoms with Crippen molar-refractivity contribution in [3.63, 3.8) is 0 Å². The minimum atomic E-state index is -0.591. The Morgan fingerprint density at radius 2 is 2.33 bits per heavy atom. The zero-order valence-corrected chi connectivity index (χ0v) is 8.48. The number of pyridine rings is 1. The molecule has 0 bridgehead atoms. The van der Waals surface area contributed by atoms with E-state index in [1.165, 1.54) is 19.2 Å². The highest BCUT2D eigenvalue weighted by molar-refractivity contribution is 5.90. The van der Waals surface area contributed by atoms with Crippen molar-refractivity contribution in [1.29, 1.82) is 5.26 Å². The van der Waals surface area contributed by atoms with E-state index in [9.17, 15) is 4.79 Å². The van der Waals surface area contributed by atoms with Gasteiger partial charge in [0.1, 0.15) is 11.8 Å². The fourth-order valence-corrected chi connectivity index (χ4v) is 1.02. The van der Waals surface area contributed by atoms with Crippen LogP contribution < -0.4 is 4.74 Å². The first-order valence-electron chi connectivity index (χ1n) is 4.35. The van der Waals surface area contributed by atoms with Gasteiger partial charge in [-0.25, -0.2) is 9.78 Å². The molecule has 0 atom stereocenters. The van der Waals surface area contributed by atoms with E-state index in [4.69, 9.17) is 14.7 Å². The summed E-state index contributed by atoms with van der Waals surface area (Å²) in [6.07, 6.45) is 0. The van der Waals surface area contributed by atoms with Crippen LogP contribution in [0, 0.1) is 11.3 Å². The lowest BCUT2D eigenvalue weighted by Crippen LogP contribution is -2.09. The van der Waals surface area contributed by atoms with Crippen LogP contribution >= 0.6 is 0 Å². The highest BCUT2D eigenvalue weighted by Crippen LogP contribution is 2.17. The van der Waals surface area contributed by atoms with Crippen molar-refractivity contribution < 1.29 is 14.3 Å². The Morgan fingerprint density at radius 3 is 2.87 bits per heavy atom. The Balaban J connectivity index is 3.12. The number of rotatable bonds is 3. The first-order valence-corrected chi connectivity index (χ1v) is 4.35. The van der Waals surface area contributed by atoms with E-state index in [1.807, 2.05) is 6.07 Å². The van der Waals surface area contributed by atoms with Gasteiger partial charge in [0, 0.05) is 0 Å². The van der Waals surface area contributed by atoms with Crippen molar-refractivity contribution >= 4 is 5.97 Å². The monoisotopic (exact) mass is 206 g/mol. The second kappa shape index (κ2) is 4.96. The fourth-order valence-electron chi connectivity index (χ4n) is 1.02. The first kappa shape index (κ1) is 11.0. The third-order valence-corrected chi connectivity index (χ3v) is 1.66. The maximum absolute atomic E-state index is 11.4. The predicted molar refractivity (Wildman–Crippen MR) is 51.5 cm³/mol. The Kier molecular flexibility index (Phi) is 3.63. The molecule has 0 saturated heterocycles. The summed E-state index contributed by atoms with van der Waals surface area (Å²) in [7, 11) is 1.42. The van der Waals surface area contributed by atoms with Gasteiger partial charge >= 0.3 is 5.97 Å². The molecule has 0 aromatic carbocycles. The number of aromatic nitrogens is 1. The molecule has 0 N–H and O–H groups in total. The molecular formula is C10H10N2O3. The molecule has 5 nitrogen and oxygen atoms in total. The van der Waals surface area contributed by atoms with Crippen LogP contribution in [0.4, 0.5) is 0 Å². The lowest BCUT2D eigenvalue weighted by atomic mass is 10.3. The molecule has 1 heterocycles. The smallest absolute Gasteiger partial charge is 0.360 e. The lowest BCUT2D eigenvalue weighted by Gasteiger charge is -2.06. The molecule has 78 valence electrons. The summed E-state index contributed by atoms with van der Waals surface area (Å²) >= 11 is 0. The van der Waals surface area contributed by atoms with Crippen molar-refractivity contribution in [2.24, 2.45) is 0 Å². The molecule has 0 aliphatic heterocycles. The van der Waals surface area contributed by atoms with E-state index in [0.717, 1.165) is 0 Å². The minimum absolute atomic E-state index is 0.0263. The first-order chi connectivity index (χ1) is 7.22. The molecule has 0 radical (unpaired) electrons. The molecule has 0 spiro atoms. The summed E-state index contributed by atoms with van der Waals surface area (Å²) in [4.78, 5) is 15.2. The number of methoxy groups -OCH3 is 1. The average molecular weight is 206 g/mol. The van der Waals surface area contributed by atoms with E-state index in [2.05, 4.69) is 4.98 Å². The van der Waals surface area contributed by atoms with E-state index < -0.39 is 5.97 Å². The average Bonchev–Trinajstić information content (AvgIpc) is 2.28. The van der Waals surface area contributed by atoms with Crippen LogP contribution in [0.5, 0.6) is 5.75 Å². The van der Waals surface area contributed by atoms with Crippen LogP contribution in [0.3, 0.4) is 0 Å². The Bertz CT molecular complexity index is 410. The summed E-state index contributed by atoms with van der Waals surface area (Å²) in [5, 5.41) is 8.63. The van der Waals surface area contributed by atoms with Crippen LogP contribution in [0.2, 0.25) is 0 Å². The zero-order valence-electron chi connectivity index (χ0n) is 8.48. The van der Waals surface area contributed by atoms with E-state index in [1.54, 1.807) is 6.92 Å². The van der Waals surface area contributed by atoms with Gasteiger partial charge in [-0.3, -0.25) is 0 Å². The van der Waals surface area contributed by atoms with Gasteiger partial charge in [-0.05, 0) is 19.1 Å². The van der Waals surface area contributed by atoms with Crippen molar-refractivity contribution in [2.75, 3.05) is 13.7 Å². The molecule has 1 rings (SSSR count). The molecule has 0 amide bonds. The van der Waals surface area contributed by atoms with Crippen molar-refractivity contribution in [2.45, 2.75) is 6.92 Å². The molecular weight excluding hydrogens is 196 g/mol. The molecule has 0 aliphatic carbocycles. The van der Waals surface area contributed by atoms with Gasteiger partial charge in [-0.15, -0.1) is 0 Å². The Morgan fingerprint density at radius 1 is 1.60 bits per heavy atom. The van der Waals surface area contributed by atoms with Gasteiger partial charge in [0.15, 0.2) is 11.4 Å². The number of esters is 1. The molecule has 15 heavy (non-hydrogen) atoms. The zero-order chi connectivity index (χ0) is 11.3. The highest BCUT2D eigenvalue weighted by atomic mass is 16.5. The summed E-state index contributed by atoms with van der Waals surface area (Å²) in [5.74, 6) is -0.293. The van der Waals surface area contributed by atoms with Crippen molar-refractivity contribution in [3.8, 4) is 11.8 Å². The van der Waals surface area contributed by atoms with Crippen molar-refractivity contribution in [3.05, 3.63) is 23.5 Å². The minimum Gasteiger partial charge on any atom is -0.494 e. The number of hydrogen-bond acceptors (Lipinski definition) is 5. The SMILES string of the molecule is CCOC(=O)c1nc(C#N)ccc1OC. The lowest BCUT2D eigenvalue weighted by molar-refractivity contribution is 0.0515. The standard InChI is InChI=1S/C10H10N2O3/c1-3-15-10(13)9-8(14-2)5-4-7(6-11)12-9/h4-5H,3H2,1-2H3. The normalized spacial score (nSPS) is 9.13. The van der Waals surface area contributed by atoms with Gasteiger partial charge in [-0.1, -0.05) is 0 Å². The molecule has 5 heteroatoms. The third-order valence-electron chi connectivity index (χ3n) is 1.66. The van der Waals surface area contributed by atoms with Crippen LogP contribution in [-0.2, 0) is 4.74 Å². The van der Waals surface area contributed by atoms with Gasteiger partial charge in [0.2, 0.25) is 0 Å². The number of nitriles is 1. The van der Waals surface area contributed by atoms with Gasteiger partial charge < -0.3 is 9.47 Å². The second-order valence-corrected chi connectivity index (χ2v) is 2.58. The largest absolute Gasteiger partial charge is 0.494 e. The Hall–Kier alpha value is -2.09. The number of ether oxygens (including phenoxy) is 2. The molecule has 0 saturated carbocycles. The maximum Gasteiger partial charge on any atom is 0.360 e. The van der Waals surface area contributed by atoms with Gasteiger partial charge in [0.25, 0.3) is 0 Å². The van der Waals surface area contributed by atoms with Crippen LogP contribution in [0.15, 0.2) is 12.1 Å². The topological polar surface area (TPSA) is 72.2 Å². The molecule has 1 aromatic rings. The summed E-state index contributed by atoms with van der Waals surface area (Å²) in [6, 6.07) is 4.83. The molecule has 0 aliphatic rings. The number of hydrogen-bond donors (Lipinski definition) is 0. The number of nitrogens with zero attached hydrogens (tertiary/aromatic N) is 2. The van der Waals surface area contributed by atoms with E-state index in [0.29, 0.717) is 5.75 Å². The van der Waals surface area contributed by atoms with Gasteiger partial charge in [-0.2, -0.15) is 5.26 Å².